The Morgan fingerprint density at radius 3 is 1.02 bits per heavy atom. The molecule has 2 nitrogen and oxygen atoms in total. The summed E-state index contributed by atoms with van der Waals surface area (Å²) in [5.74, 6) is 3.21. The molecule has 8 aromatic carbocycles. The first-order valence-corrected chi connectivity index (χ1v) is 19.0. The Kier molecular flexibility index (Phi) is 8.67. The van der Waals surface area contributed by atoms with Gasteiger partial charge in [0.15, 0.2) is 0 Å². The van der Waals surface area contributed by atoms with Gasteiger partial charge >= 0.3 is 0 Å². The Bertz CT molecular complexity index is 2430. The lowest BCUT2D eigenvalue weighted by molar-refractivity contribution is 0.482. The molecule has 1 aliphatic carbocycles. The molecule has 1 aliphatic rings. The number of aryl methyl sites for hydroxylation is 4. The van der Waals surface area contributed by atoms with Gasteiger partial charge in [-0.25, -0.2) is 0 Å². The molecule has 9 rings (SSSR count). The summed E-state index contributed by atoms with van der Waals surface area (Å²) in [7, 11) is 0. The lowest BCUT2D eigenvalue weighted by atomic mass is 9.67. The van der Waals surface area contributed by atoms with E-state index in [2.05, 4.69) is 149 Å². The first-order chi connectivity index (χ1) is 26.8. The fourth-order valence-corrected chi connectivity index (χ4v) is 8.55. The van der Waals surface area contributed by atoms with Crippen molar-refractivity contribution in [1.82, 2.24) is 0 Å². The number of ether oxygens (including phenoxy) is 2. The summed E-state index contributed by atoms with van der Waals surface area (Å²) in [6.07, 6.45) is 0. The largest absolute Gasteiger partial charge is 0.457 e. The zero-order valence-corrected chi connectivity index (χ0v) is 31.6. The van der Waals surface area contributed by atoms with E-state index in [1.807, 2.05) is 60.7 Å². The molecule has 0 saturated carbocycles. The van der Waals surface area contributed by atoms with Crippen LogP contribution in [0.25, 0.3) is 33.4 Å². The minimum atomic E-state index is -0.648. The molecule has 55 heavy (non-hydrogen) atoms. The molecule has 0 fully saturated rings. The van der Waals surface area contributed by atoms with Gasteiger partial charge in [0, 0.05) is 0 Å². The van der Waals surface area contributed by atoms with Gasteiger partial charge in [0.1, 0.15) is 23.0 Å². The standard InChI is InChI=1S/C53H42O2/c1-35-27-36(2)30-41(29-35)39-15-25-49-50-26-16-40(42-31-37(3)28-38(4)32-42)34-52(50)53(51(49)33-39,43-17-21-47(22-18-43)54-45-11-7-5-8-12-45)44-19-23-48(24-20-44)55-46-13-9-6-10-14-46/h5-34H,1-4H3. The maximum atomic E-state index is 6.33. The van der Waals surface area contributed by atoms with Crippen LogP contribution in [0.5, 0.6) is 23.0 Å². The van der Waals surface area contributed by atoms with Crippen LogP contribution in [0.15, 0.2) is 182 Å². The van der Waals surface area contributed by atoms with E-state index in [4.69, 9.17) is 9.47 Å². The van der Waals surface area contributed by atoms with E-state index in [0.29, 0.717) is 0 Å². The van der Waals surface area contributed by atoms with Crippen LogP contribution >= 0.6 is 0 Å². The number of rotatable bonds is 8. The molecule has 0 heterocycles. The van der Waals surface area contributed by atoms with E-state index in [9.17, 15) is 0 Å². The monoisotopic (exact) mass is 710 g/mol. The van der Waals surface area contributed by atoms with Gasteiger partial charge in [0.05, 0.1) is 5.41 Å². The minimum Gasteiger partial charge on any atom is -0.457 e. The number of para-hydroxylation sites is 2. The molecule has 0 amide bonds. The summed E-state index contributed by atoms with van der Waals surface area (Å²) >= 11 is 0. The molecular weight excluding hydrogens is 669 g/mol. The van der Waals surface area contributed by atoms with Gasteiger partial charge in [-0.05, 0) is 144 Å². The van der Waals surface area contributed by atoms with Crippen LogP contribution in [0.3, 0.4) is 0 Å². The maximum absolute atomic E-state index is 6.33. The molecule has 0 atom stereocenters. The number of hydrogen-bond acceptors (Lipinski definition) is 2. The number of hydrogen-bond donors (Lipinski definition) is 0. The van der Waals surface area contributed by atoms with Gasteiger partial charge in [0.25, 0.3) is 0 Å². The van der Waals surface area contributed by atoms with Gasteiger partial charge in [0.2, 0.25) is 0 Å². The lowest BCUT2D eigenvalue weighted by Crippen LogP contribution is -2.28. The van der Waals surface area contributed by atoms with E-state index < -0.39 is 5.41 Å². The summed E-state index contributed by atoms with van der Waals surface area (Å²) in [6.45, 7) is 8.71. The summed E-state index contributed by atoms with van der Waals surface area (Å²) in [6, 6.07) is 65.1. The topological polar surface area (TPSA) is 18.5 Å². The van der Waals surface area contributed by atoms with Crippen LogP contribution < -0.4 is 9.47 Å². The van der Waals surface area contributed by atoms with Crippen molar-refractivity contribution >= 4 is 0 Å². The predicted molar refractivity (Wildman–Crippen MR) is 227 cm³/mol. The van der Waals surface area contributed by atoms with Crippen molar-refractivity contribution in [2.45, 2.75) is 33.1 Å². The van der Waals surface area contributed by atoms with Gasteiger partial charge in [-0.3, -0.25) is 0 Å². The lowest BCUT2D eigenvalue weighted by Gasteiger charge is -2.34. The van der Waals surface area contributed by atoms with Crippen molar-refractivity contribution in [1.29, 1.82) is 0 Å². The van der Waals surface area contributed by atoms with Gasteiger partial charge in [-0.2, -0.15) is 0 Å². The highest BCUT2D eigenvalue weighted by Crippen LogP contribution is 2.58. The fraction of sp³-hybridized carbons (Fsp3) is 0.0943. The van der Waals surface area contributed by atoms with Crippen LogP contribution in [0.1, 0.15) is 44.5 Å². The molecule has 0 spiro atoms. The Labute approximate surface area is 324 Å². The van der Waals surface area contributed by atoms with Crippen LogP contribution in [-0.4, -0.2) is 0 Å². The van der Waals surface area contributed by atoms with Crippen molar-refractivity contribution < 1.29 is 9.47 Å². The average Bonchev–Trinajstić information content (AvgIpc) is 3.48. The second-order valence-electron chi connectivity index (χ2n) is 14.9. The third-order valence-corrected chi connectivity index (χ3v) is 10.8. The second-order valence-corrected chi connectivity index (χ2v) is 14.9. The first kappa shape index (κ1) is 34.1. The fourth-order valence-electron chi connectivity index (χ4n) is 8.55. The molecular formula is C53H42O2. The van der Waals surface area contributed by atoms with E-state index in [1.165, 1.54) is 77.9 Å². The van der Waals surface area contributed by atoms with Crippen LogP contribution in [0.4, 0.5) is 0 Å². The highest BCUT2D eigenvalue weighted by molar-refractivity contribution is 5.90. The molecule has 0 bridgehead atoms. The Hall–Kier alpha value is -6.64. The third-order valence-electron chi connectivity index (χ3n) is 10.8. The smallest absolute Gasteiger partial charge is 0.127 e. The maximum Gasteiger partial charge on any atom is 0.127 e. The highest BCUT2D eigenvalue weighted by Gasteiger charge is 2.46. The Morgan fingerprint density at radius 2 is 0.655 bits per heavy atom. The second kappa shape index (κ2) is 14.0. The van der Waals surface area contributed by atoms with Gasteiger partial charge in [-0.1, -0.05) is 144 Å². The highest BCUT2D eigenvalue weighted by atomic mass is 16.5. The third kappa shape index (κ3) is 6.40. The van der Waals surface area contributed by atoms with Crippen molar-refractivity contribution in [2.75, 3.05) is 0 Å². The molecule has 0 aliphatic heterocycles. The van der Waals surface area contributed by atoms with E-state index in [0.717, 1.165) is 23.0 Å². The van der Waals surface area contributed by atoms with Gasteiger partial charge < -0.3 is 9.47 Å². The van der Waals surface area contributed by atoms with Crippen molar-refractivity contribution in [3.8, 4) is 56.4 Å². The van der Waals surface area contributed by atoms with Crippen LogP contribution in [-0.2, 0) is 5.41 Å². The quantitative estimate of drug-likeness (QED) is 0.156. The molecule has 0 aromatic heterocycles. The minimum absolute atomic E-state index is 0.648. The summed E-state index contributed by atoms with van der Waals surface area (Å²) in [5.41, 5.74) is 16.5. The SMILES string of the molecule is Cc1cc(C)cc(-c2ccc3c(c2)C(c2ccc(Oc4ccccc4)cc2)(c2ccc(Oc4ccccc4)cc2)c2cc(-c4cc(C)cc(C)c4)ccc2-3)c1. The van der Waals surface area contributed by atoms with Crippen molar-refractivity contribution in [2.24, 2.45) is 0 Å². The molecule has 0 radical (unpaired) electrons. The zero-order chi connectivity index (χ0) is 37.5. The number of fused-ring (bicyclic) bond motifs is 3. The molecule has 266 valence electrons. The summed E-state index contributed by atoms with van der Waals surface area (Å²) < 4.78 is 12.7. The molecule has 8 aromatic rings. The molecule has 0 N–H and O–H groups in total. The van der Waals surface area contributed by atoms with E-state index in [1.54, 1.807) is 0 Å². The van der Waals surface area contributed by atoms with Crippen molar-refractivity contribution in [3.63, 3.8) is 0 Å². The molecule has 0 saturated heterocycles. The normalized spacial score (nSPS) is 12.5. The van der Waals surface area contributed by atoms with E-state index >= 15 is 0 Å². The Balaban J connectivity index is 1.29. The zero-order valence-electron chi connectivity index (χ0n) is 31.6. The molecule has 2 heteroatoms. The summed E-state index contributed by atoms with van der Waals surface area (Å²) in [5, 5.41) is 0. The predicted octanol–water partition coefficient (Wildman–Crippen LogP) is 14.2. The van der Waals surface area contributed by atoms with Gasteiger partial charge in [-0.15, -0.1) is 0 Å². The average molecular weight is 711 g/mol. The Morgan fingerprint density at radius 1 is 0.309 bits per heavy atom. The van der Waals surface area contributed by atoms with Crippen LogP contribution in [0, 0.1) is 27.7 Å². The first-order valence-electron chi connectivity index (χ1n) is 19.0. The molecule has 0 unspecified atom stereocenters. The van der Waals surface area contributed by atoms with Crippen molar-refractivity contribution in [3.05, 3.63) is 226 Å². The number of benzene rings is 8. The van der Waals surface area contributed by atoms with Crippen LogP contribution in [0.2, 0.25) is 0 Å². The van der Waals surface area contributed by atoms with E-state index in [-0.39, 0.29) is 0 Å². The summed E-state index contributed by atoms with van der Waals surface area (Å²) in [4.78, 5) is 0.